The van der Waals surface area contributed by atoms with Crippen LogP contribution in [-0.2, 0) is 32.3 Å². The van der Waals surface area contributed by atoms with Crippen LogP contribution in [0.25, 0.3) is 0 Å². The number of carbonyl (C=O) groups is 1. The molecule has 1 unspecified atom stereocenters. The highest BCUT2D eigenvalue weighted by Gasteiger charge is 2.43. The van der Waals surface area contributed by atoms with Crippen LogP contribution in [0.15, 0.2) is 17.0 Å². The van der Waals surface area contributed by atoms with Crippen molar-refractivity contribution in [2.45, 2.75) is 49.0 Å². The van der Waals surface area contributed by atoms with Crippen molar-refractivity contribution in [1.82, 2.24) is 4.31 Å². The van der Waals surface area contributed by atoms with E-state index in [2.05, 4.69) is 0 Å². The summed E-state index contributed by atoms with van der Waals surface area (Å²) < 4.78 is 39.9. The Hall–Kier alpha value is -1.48. The molecule has 0 aromatic heterocycles. The zero-order valence-electron chi connectivity index (χ0n) is 15.3. The van der Waals surface area contributed by atoms with Crippen molar-refractivity contribution in [1.29, 1.82) is 0 Å². The average molecular weight is 395 g/mol. The normalized spacial score (nSPS) is 26.7. The Labute approximate surface area is 159 Å². The van der Waals surface area contributed by atoms with Gasteiger partial charge in [0.15, 0.2) is 0 Å². The summed E-state index contributed by atoms with van der Waals surface area (Å²) in [5.74, 6) is -1.10. The van der Waals surface area contributed by atoms with E-state index in [4.69, 9.17) is 9.47 Å². The summed E-state index contributed by atoms with van der Waals surface area (Å²) in [6.07, 6.45) is 4.88. The van der Waals surface area contributed by atoms with Gasteiger partial charge in [-0.2, -0.15) is 4.31 Å². The van der Waals surface area contributed by atoms with Crippen LogP contribution < -0.4 is 0 Å². The van der Waals surface area contributed by atoms with Gasteiger partial charge in [0, 0.05) is 19.7 Å². The topological polar surface area (TPSA) is 93.1 Å². The van der Waals surface area contributed by atoms with Gasteiger partial charge in [-0.15, -0.1) is 0 Å². The highest BCUT2D eigenvalue weighted by atomic mass is 32.2. The van der Waals surface area contributed by atoms with Gasteiger partial charge in [0.2, 0.25) is 10.0 Å². The van der Waals surface area contributed by atoms with E-state index in [1.54, 1.807) is 6.07 Å². The lowest BCUT2D eigenvalue weighted by molar-refractivity contribution is -0.155. The van der Waals surface area contributed by atoms with Gasteiger partial charge in [-0.05, 0) is 61.8 Å². The molecule has 1 N–H and O–H groups in total. The third kappa shape index (κ3) is 3.51. The van der Waals surface area contributed by atoms with Gasteiger partial charge in [0.05, 0.1) is 23.7 Å². The maximum absolute atomic E-state index is 13.5. The molecule has 2 fully saturated rings. The molecule has 2 heterocycles. The predicted octanol–water partition coefficient (Wildman–Crippen LogP) is 1.83. The molecule has 8 heteroatoms. The second kappa shape index (κ2) is 7.16. The monoisotopic (exact) mass is 395 g/mol. The lowest BCUT2D eigenvalue weighted by Gasteiger charge is -2.44. The van der Waals surface area contributed by atoms with Gasteiger partial charge >= 0.3 is 5.97 Å². The van der Waals surface area contributed by atoms with E-state index >= 15 is 0 Å². The molecule has 2 saturated heterocycles. The number of fused-ring (bicyclic) bond motifs is 1. The molecule has 0 bridgehead atoms. The first-order valence-corrected chi connectivity index (χ1v) is 11.0. The van der Waals surface area contributed by atoms with E-state index in [1.807, 2.05) is 0 Å². The van der Waals surface area contributed by atoms with Crippen molar-refractivity contribution in [3.8, 4) is 0 Å². The van der Waals surface area contributed by atoms with Gasteiger partial charge in [0.25, 0.3) is 0 Å². The van der Waals surface area contributed by atoms with Crippen LogP contribution in [-0.4, -0.2) is 62.3 Å². The van der Waals surface area contributed by atoms with Crippen LogP contribution >= 0.6 is 0 Å². The zero-order chi connectivity index (χ0) is 19.1. The molecule has 4 rings (SSSR count). The van der Waals surface area contributed by atoms with Crippen LogP contribution in [0, 0.1) is 0 Å². The largest absolute Gasteiger partial charge is 0.478 e. The first-order chi connectivity index (χ1) is 12.9. The molecule has 3 aliphatic rings. The summed E-state index contributed by atoms with van der Waals surface area (Å²) in [5, 5.41) is 9.44. The molecule has 0 saturated carbocycles. The van der Waals surface area contributed by atoms with Crippen LogP contribution in [0.4, 0.5) is 0 Å². The molecule has 7 nitrogen and oxygen atoms in total. The Morgan fingerprint density at radius 3 is 2.70 bits per heavy atom. The Morgan fingerprint density at radius 2 is 1.96 bits per heavy atom. The number of benzene rings is 1. The first-order valence-electron chi connectivity index (χ1n) is 9.52. The fraction of sp³-hybridized carbons (Fsp3) is 0.632. The number of hydrogen-bond acceptors (Lipinski definition) is 5. The van der Waals surface area contributed by atoms with Crippen molar-refractivity contribution in [3.05, 3.63) is 28.8 Å². The van der Waals surface area contributed by atoms with Gasteiger partial charge in [-0.3, -0.25) is 0 Å². The van der Waals surface area contributed by atoms with Crippen molar-refractivity contribution in [2.24, 2.45) is 0 Å². The van der Waals surface area contributed by atoms with Gasteiger partial charge in [-0.1, -0.05) is 0 Å². The summed E-state index contributed by atoms with van der Waals surface area (Å²) in [6.45, 7) is 1.92. The smallest absolute Gasteiger partial charge is 0.335 e. The summed E-state index contributed by atoms with van der Waals surface area (Å²) in [7, 11) is -3.80. The SMILES string of the molecule is O=C(O)c1cc2c(c(S(=O)(=O)N3CCOC4(CCCOC4)C3)c1)CCCC2. The highest BCUT2D eigenvalue weighted by Crippen LogP contribution is 2.34. The third-order valence-corrected chi connectivity index (χ3v) is 7.70. The van der Waals surface area contributed by atoms with Crippen molar-refractivity contribution < 1.29 is 27.8 Å². The number of rotatable bonds is 3. The summed E-state index contributed by atoms with van der Waals surface area (Å²) in [5.41, 5.74) is 1.09. The second-order valence-electron chi connectivity index (χ2n) is 7.65. The van der Waals surface area contributed by atoms with E-state index in [0.717, 1.165) is 43.2 Å². The number of ether oxygens (including phenoxy) is 2. The van der Waals surface area contributed by atoms with Gasteiger partial charge in [0.1, 0.15) is 5.60 Å². The molecule has 27 heavy (non-hydrogen) atoms. The van der Waals surface area contributed by atoms with E-state index < -0.39 is 21.6 Å². The van der Waals surface area contributed by atoms with Crippen LogP contribution in [0.3, 0.4) is 0 Å². The molecule has 0 radical (unpaired) electrons. The molecule has 2 aliphatic heterocycles. The third-order valence-electron chi connectivity index (χ3n) is 5.79. The lowest BCUT2D eigenvalue weighted by atomic mass is 9.90. The number of hydrogen-bond donors (Lipinski definition) is 1. The van der Waals surface area contributed by atoms with Crippen LogP contribution in [0.2, 0.25) is 0 Å². The maximum Gasteiger partial charge on any atom is 0.335 e. The zero-order valence-corrected chi connectivity index (χ0v) is 16.1. The van der Waals surface area contributed by atoms with E-state index in [1.165, 1.54) is 10.4 Å². The average Bonchev–Trinajstić information content (AvgIpc) is 2.67. The van der Waals surface area contributed by atoms with Crippen molar-refractivity contribution >= 4 is 16.0 Å². The van der Waals surface area contributed by atoms with E-state index in [0.29, 0.717) is 26.2 Å². The Bertz CT molecular complexity index is 838. The van der Waals surface area contributed by atoms with Gasteiger partial charge in [-0.25, -0.2) is 13.2 Å². The summed E-state index contributed by atoms with van der Waals surface area (Å²) in [6, 6.07) is 2.97. The number of carboxylic acids is 1. The lowest BCUT2D eigenvalue weighted by Crippen LogP contribution is -2.57. The molecule has 1 aromatic carbocycles. The number of carboxylic acid groups (broad SMARTS) is 1. The fourth-order valence-electron chi connectivity index (χ4n) is 4.40. The molecule has 1 atom stereocenters. The molecule has 1 aromatic rings. The van der Waals surface area contributed by atoms with Crippen molar-refractivity contribution in [3.63, 3.8) is 0 Å². The predicted molar refractivity (Wildman–Crippen MR) is 97.5 cm³/mol. The van der Waals surface area contributed by atoms with Crippen molar-refractivity contribution in [2.75, 3.05) is 32.9 Å². The minimum absolute atomic E-state index is 0.0400. The minimum Gasteiger partial charge on any atom is -0.478 e. The molecule has 148 valence electrons. The van der Waals surface area contributed by atoms with Gasteiger partial charge < -0.3 is 14.6 Å². The molecule has 0 amide bonds. The number of aromatic carboxylic acids is 1. The van der Waals surface area contributed by atoms with E-state index in [9.17, 15) is 18.3 Å². The molecule has 1 spiro atoms. The second-order valence-corrected chi connectivity index (χ2v) is 9.56. The summed E-state index contributed by atoms with van der Waals surface area (Å²) in [4.78, 5) is 11.7. The Balaban J connectivity index is 1.73. The standard InChI is InChI=1S/C19H25NO6S/c21-18(22)15-10-14-4-1-2-5-16(14)17(11-15)27(23,24)20-7-9-26-19(12-20)6-3-8-25-13-19/h10-11H,1-9,12-13H2,(H,21,22). The van der Waals surface area contributed by atoms with Crippen LogP contribution in [0.1, 0.15) is 47.2 Å². The number of morpholine rings is 1. The molecule has 1 aliphatic carbocycles. The number of aryl methyl sites for hydroxylation is 1. The number of nitrogens with zero attached hydrogens (tertiary/aromatic N) is 1. The highest BCUT2D eigenvalue weighted by molar-refractivity contribution is 7.89. The quantitative estimate of drug-likeness (QED) is 0.839. The number of sulfonamides is 1. The van der Waals surface area contributed by atoms with Crippen LogP contribution in [0.5, 0.6) is 0 Å². The Morgan fingerprint density at radius 1 is 1.15 bits per heavy atom. The minimum atomic E-state index is -3.80. The van der Waals surface area contributed by atoms with E-state index in [-0.39, 0.29) is 23.5 Å². The first kappa shape index (κ1) is 18.9. The maximum atomic E-state index is 13.5. The Kier molecular flexibility index (Phi) is 5.00. The molecular weight excluding hydrogens is 370 g/mol. The molecular formula is C19H25NO6S. The summed E-state index contributed by atoms with van der Waals surface area (Å²) >= 11 is 0. The fourth-order valence-corrected chi connectivity index (χ4v) is 6.22.